The van der Waals surface area contributed by atoms with Crippen molar-refractivity contribution in [2.75, 3.05) is 18.1 Å². The maximum Gasteiger partial charge on any atom is 0.253 e. The number of aromatic nitrogens is 1. The molecule has 0 radical (unpaired) electrons. The Morgan fingerprint density at radius 1 is 1.21 bits per heavy atom. The van der Waals surface area contributed by atoms with Gasteiger partial charge >= 0.3 is 0 Å². The van der Waals surface area contributed by atoms with Crippen molar-refractivity contribution in [3.63, 3.8) is 0 Å². The molecule has 0 saturated carbocycles. The zero-order valence-corrected chi connectivity index (χ0v) is 14.6. The van der Waals surface area contributed by atoms with Crippen molar-refractivity contribution in [2.45, 2.75) is 38.6 Å². The number of carbonyl (C=O) groups is 2. The van der Waals surface area contributed by atoms with Crippen molar-refractivity contribution in [1.82, 2.24) is 15.6 Å². The Morgan fingerprint density at radius 3 is 2.54 bits per heavy atom. The fraction of sp³-hybridized carbons (Fsp3) is 0.562. The van der Waals surface area contributed by atoms with Crippen LogP contribution in [0.5, 0.6) is 0 Å². The van der Waals surface area contributed by atoms with E-state index in [1.54, 1.807) is 0 Å². The Labute approximate surface area is 142 Å². The number of nitrogens with zero attached hydrogens (tertiary/aromatic N) is 1. The van der Waals surface area contributed by atoms with Gasteiger partial charge in [-0.3, -0.25) is 14.6 Å². The van der Waals surface area contributed by atoms with Gasteiger partial charge in [0.25, 0.3) is 11.8 Å². The number of sulfone groups is 1. The summed E-state index contributed by atoms with van der Waals surface area (Å²) in [5.74, 6) is -0.623. The fourth-order valence-electron chi connectivity index (χ4n) is 2.54. The molecule has 7 nitrogen and oxygen atoms in total. The molecule has 0 spiro atoms. The molecular formula is C16H23N3O4S. The van der Waals surface area contributed by atoms with E-state index in [0.29, 0.717) is 18.5 Å². The maximum absolute atomic E-state index is 12.2. The lowest BCUT2D eigenvalue weighted by Gasteiger charge is -2.11. The second kappa shape index (κ2) is 8.23. The van der Waals surface area contributed by atoms with Crippen LogP contribution in [-0.4, -0.2) is 49.3 Å². The van der Waals surface area contributed by atoms with Crippen molar-refractivity contribution in [3.8, 4) is 0 Å². The van der Waals surface area contributed by atoms with E-state index in [4.69, 9.17) is 0 Å². The lowest BCUT2D eigenvalue weighted by atomic mass is 10.1. The van der Waals surface area contributed by atoms with Crippen LogP contribution in [0.2, 0.25) is 0 Å². The monoisotopic (exact) mass is 353 g/mol. The number of hydrogen-bond donors (Lipinski definition) is 2. The Bertz CT molecular complexity index is 703. The van der Waals surface area contributed by atoms with Gasteiger partial charge in [0.15, 0.2) is 9.84 Å². The van der Waals surface area contributed by atoms with E-state index in [1.807, 2.05) is 0 Å². The normalized spacial score (nSPS) is 19.0. The highest BCUT2D eigenvalue weighted by atomic mass is 32.2. The minimum absolute atomic E-state index is 0.0379. The van der Waals surface area contributed by atoms with E-state index >= 15 is 0 Å². The predicted octanol–water partition coefficient (Wildman–Crippen LogP) is 0.919. The first kappa shape index (κ1) is 18.4. The van der Waals surface area contributed by atoms with E-state index in [1.165, 1.54) is 18.5 Å². The molecule has 0 aromatic carbocycles. The summed E-state index contributed by atoms with van der Waals surface area (Å²) in [6.07, 6.45) is 6.22. The second-order valence-corrected chi connectivity index (χ2v) is 8.23. The lowest BCUT2D eigenvalue weighted by molar-refractivity contribution is 0.0940. The predicted molar refractivity (Wildman–Crippen MR) is 90.6 cm³/mol. The number of nitrogens with one attached hydrogen (secondary N) is 2. The summed E-state index contributed by atoms with van der Waals surface area (Å²) < 4.78 is 22.9. The van der Waals surface area contributed by atoms with Crippen LogP contribution in [0.25, 0.3) is 0 Å². The van der Waals surface area contributed by atoms with Gasteiger partial charge in [0.05, 0.1) is 22.6 Å². The second-order valence-electron chi connectivity index (χ2n) is 6.00. The average molecular weight is 353 g/mol. The number of pyridine rings is 1. The van der Waals surface area contributed by atoms with E-state index in [-0.39, 0.29) is 29.0 Å². The first-order valence-corrected chi connectivity index (χ1v) is 9.98. The van der Waals surface area contributed by atoms with Crippen LogP contribution in [0, 0.1) is 0 Å². The summed E-state index contributed by atoms with van der Waals surface area (Å²) in [6.45, 7) is 2.67. The van der Waals surface area contributed by atoms with Crippen LogP contribution in [0.15, 0.2) is 18.5 Å². The summed E-state index contributed by atoms with van der Waals surface area (Å²) in [5, 5.41) is 5.48. The van der Waals surface area contributed by atoms with Crippen molar-refractivity contribution >= 4 is 21.7 Å². The third-order valence-electron chi connectivity index (χ3n) is 3.90. The molecule has 1 aliphatic rings. The highest BCUT2D eigenvalue weighted by Gasteiger charge is 2.29. The van der Waals surface area contributed by atoms with Crippen LogP contribution in [0.1, 0.15) is 53.3 Å². The van der Waals surface area contributed by atoms with E-state index < -0.39 is 15.7 Å². The zero-order valence-electron chi connectivity index (χ0n) is 13.7. The summed E-state index contributed by atoms with van der Waals surface area (Å²) >= 11 is 0. The summed E-state index contributed by atoms with van der Waals surface area (Å²) in [6, 6.07) is 1.09. The molecule has 132 valence electrons. The SMILES string of the molecule is CCCCCNC(=O)c1cncc(C(=O)NC2CCS(=O)(=O)C2)c1. The van der Waals surface area contributed by atoms with E-state index in [2.05, 4.69) is 22.5 Å². The quantitative estimate of drug-likeness (QED) is 0.709. The largest absolute Gasteiger partial charge is 0.352 e. The van der Waals surface area contributed by atoms with Gasteiger partial charge in [-0.2, -0.15) is 0 Å². The molecule has 2 heterocycles. The van der Waals surface area contributed by atoms with Crippen LogP contribution in [0.4, 0.5) is 0 Å². The lowest BCUT2D eigenvalue weighted by Crippen LogP contribution is -2.35. The molecule has 1 aromatic rings. The molecule has 2 N–H and O–H groups in total. The van der Waals surface area contributed by atoms with Gasteiger partial charge in [-0.05, 0) is 18.9 Å². The molecule has 2 amide bonds. The molecule has 0 aliphatic carbocycles. The fourth-order valence-corrected chi connectivity index (χ4v) is 4.22. The Kier molecular flexibility index (Phi) is 6.30. The smallest absolute Gasteiger partial charge is 0.253 e. The molecule has 2 rings (SSSR count). The van der Waals surface area contributed by atoms with Gasteiger partial charge in [0.1, 0.15) is 0 Å². The average Bonchev–Trinajstić information content (AvgIpc) is 2.90. The molecule has 1 aliphatic heterocycles. The van der Waals surface area contributed by atoms with Crippen LogP contribution < -0.4 is 10.6 Å². The molecule has 1 saturated heterocycles. The molecular weight excluding hydrogens is 330 g/mol. The molecule has 0 bridgehead atoms. The van der Waals surface area contributed by atoms with Crippen LogP contribution in [-0.2, 0) is 9.84 Å². The molecule has 1 unspecified atom stereocenters. The number of hydrogen-bond acceptors (Lipinski definition) is 5. The van der Waals surface area contributed by atoms with E-state index in [0.717, 1.165) is 19.3 Å². The van der Waals surface area contributed by atoms with Crippen molar-refractivity contribution in [2.24, 2.45) is 0 Å². The maximum atomic E-state index is 12.2. The van der Waals surface area contributed by atoms with Crippen molar-refractivity contribution < 1.29 is 18.0 Å². The third kappa shape index (κ3) is 5.30. The van der Waals surface area contributed by atoms with Gasteiger partial charge < -0.3 is 10.6 Å². The Morgan fingerprint density at radius 2 is 1.92 bits per heavy atom. The number of carbonyl (C=O) groups excluding carboxylic acids is 2. The Hall–Kier alpha value is -1.96. The minimum atomic E-state index is -3.05. The topological polar surface area (TPSA) is 105 Å². The molecule has 1 atom stereocenters. The summed E-state index contributed by atoms with van der Waals surface area (Å²) in [5.41, 5.74) is 0.568. The summed E-state index contributed by atoms with van der Waals surface area (Å²) in [7, 11) is -3.05. The minimum Gasteiger partial charge on any atom is -0.352 e. The zero-order chi connectivity index (χ0) is 17.6. The summed E-state index contributed by atoms with van der Waals surface area (Å²) in [4.78, 5) is 28.2. The molecule has 24 heavy (non-hydrogen) atoms. The third-order valence-corrected chi connectivity index (χ3v) is 5.66. The first-order chi connectivity index (χ1) is 11.4. The molecule has 8 heteroatoms. The van der Waals surface area contributed by atoms with Gasteiger partial charge in [-0.25, -0.2) is 8.42 Å². The highest BCUT2D eigenvalue weighted by Crippen LogP contribution is 2.12. The number of rotatable bonds is 7. The van der Waals surface area contributed by atoms with Crippen LogP contribution >= 0.6 is 0 Å². The van der Waals surface area contributed by atoms with Crippen LogP contribution in [0.3, 0.4) is 0 Å². The van der Waals surface area contributed by atoms with Gasteiger partial charge in [-0.15, -0.1) is 0 Å². The number of amides is 2. The highest BCUT2D eigenvalue weighted by molar-refractivity contribution is 7.91. The molecule has 1 aromatic heterocycles. The Balaban J connectivity index is 1.94. The standard InChI is InChI=1S/C16H23N3O4S/c1-2-3-4-6-18-15(20)12-8-13(10-17-9-12)16(21)19-14-5-7-24(22,23)11-14/h8-10,14H,2-7,11H2,1H3,(H,18,20)(H,19,21). The van der Waals surface area contributed by atoms with Gasteiger partial charge in [0.2, 0.25) is 0 Å². The van der Waals surface area contributed by atoms with E-state index in [9.17, 15) is 18.0 Å². The van der Waals surface area contributed by atoms with Gasteiger partial charge in [0, 0.05) is 25.0 Å². The van der Waals surface area contributed by atoms with Crippen molar-refractivity contribution in [1.29, 1.82) is 0 Å². The molecule has 1 fully saturated rings. The van der Waals surface area contributed by atoms with Gasteiger partial charge in [-0.1, -0.05) is 19.8 Å². The number of unbranched alkanes of at least 4 members (excludes halogenated alkanes) is 2. The first-order valence-electron chi connectivity index (χ1n) is 8.16. The van der Waals surface area contributed by atoms with Crippen molar-refractivity contribution in [3.05, 3.63) is 29.6 Å².